The highest BCUT2D eigenvalue weighted by Crippen LogP contribution is 2.42. The lowest BCUT2D eigenvalue weighted by atomic mass is 9.90. The molecule has 0 aliphatic carbocycles. The van der Waals surface area contributed by atoms with Crippen LogP contribution in [-0.4, -0.2) is 6.61 Å². The molecule has 138 valence electrons. The Bertz CT molecular complexity index is 800. The van der Waals surface area contributed by atoms with Crippen LogP contribution in [0.3, 0.4) is 0 Å². The molecule has 0 spiro atoms. The second kappa shape index (κ2) is 7.27. The van der Waals surface area contributed by atoms with Gasteiger partial charge >= 0.3 is 6.18 Å². The van der Waals surface area contributed by atoms with E-state index in [0.29, 0.717) is 13.0 Å². The fourth-order valence-electron chi connectivity index (χ4n) is 2.89. The summed E-state index contributed by atoms with van der Waals surface area (Å²) in [5, 5.41) is 0. The molecule has 1 aliphatic heterocycles. The van der Waals surface area contributed by atoms with E-state index in [-0.39, 0.29) is 23.2 Å². The van der Waals surface area contributed by atoms with Crippen molar-refractivity contribution in [3.63, 3.8) is 0 Å². The zero-order valence-electron chi connectivity index (χ0n) is 13.7. The first-order valence-corrected chi connectivity index (χ1v) is 8.07. The van der Waals surface area contributed by atoms with Gasteiger partial charge in [0.15, 0.2) is 11.5 Å². The fraction of sp³-hybridized carbons (Fsp3) is 0.263. The van der Waals surface area contributed by atoms with Gasteiger partial charge in [-0.25, -0.2) is 0 Å². The van der Waals surface area contributed by atoms with Crippen molar-refractivity contribution < 1.29 is 27.0 Å². The Hall–Kier alpha value is -2.70. The molecule has 1 heterocycles. The Morgan fingerprint density at radius 1 is 1.15 bits per heavy atom. The summed E-state index contributed by atoms with van der Waals surface area (Å²) in [6.45, 7) is 0.372. The minimum absolute atomic E-state index is 0.0909. The maximum Gasteiger partial charge on any atom is 0.416 e. The number of nitrogens with two attached hydrogens (primary N) is 1. The van der Waals surface area contributed by atoms with Crippen LogP contribution in [0.15, 0.2) is 48.7 Å². The minimum atomic E-state index is -4.43. The predicted octanol–water partition coefficient (Wildman–Crippen LogP) is 5.37. The lowest BCUT2D eigenvalue weighted by molar-refractivity contribution is -0.137. The van der Waals surface area contributed by atoms with E-state index in [2.05, 4.69) is 0 Å². The maximum atomic E-state index is 14.7. The molecule has 1 atom stereocenters. The van der Waals surface area contributed by atoms with Crippen LogP contribution in [0.25, 0.3) is 0 Å². The minimum Gasteiger partial charge on any atom is -0.490 e. The third-order valence-corrected chi connectivity index (χ3v) is 4.21. The number of hydrogen-bond acceptors (Lipinski definition) is 3. The molecular formula is C19H17F4NO2. The van der Waals surface area contributed by atoms with Gasteiger partial charge in [-0.3, -0.25) is 0 Å². The van der Waals surface area contributed by atoms with Gasteiger partial charge in [0.25, 0.3) is 0 Å². The molecule has 0 saturated heterocycles. The van der Waals surface area contributed by atoms with Crippen molar-refractivity contribution in [1.29, 1.82) is 0 Å². The van der Waals surface area contributed by atoms with E-state index in [9.17, 15) is 17.6 Å². The van der Waals surface area contributed by atoms with Crippen LogP contribution in [0.5, 0.6) is 17.2 Å². The van der Waals surface area contributed by atoms with E-state index in [1.807, 2.05) is 6.08 Å². The molecule has 2 N–H and O–H groups in total. The van der Waals surface area contributed by atoms with Gasteiger partial charge in [0.1, 0.15) is 5.75 Å². The third kappa shape index (κ3) is 3.76. The highest BCUT2D eigenvalue weighted by molar-refractivity contribution is 5.47. The number of alkyl halides is 3. The largest absolute Gasteiger partial charge is 0.490 e. The van der Waals surface area contributed by atoms with Gasteiger partial charge in [-0.1, -0.05) is 12.1 Å². The summed E-state index contributed by atoms with van der Waals surface area (Å²) in [6.07, 6.45) is 0.246. The lowest BCUT2D eigenvalue weighted by Crippen LogP contribution is -2.15. The average Bonchev–Trinajstić information content (AvgIpc) is 2.62. The SMILES string of the molecule is NC=CCC1CCOc2c1ccc(Oc1ccc(C(F)(F)F)cc1)c2F. The van der Waals surface area contributed by atoms with Crippen LogP contribution in [0, 0.1) is 5.82 Å². The monoisotopic (exact) mass is 367 g/mol. The first-order valence-electron chi connectivity index (χ1n) is 8.07. The summed E-state index contributed by atoms with van der Waals surface area (Å²) in [6, 6.07) is 7.25. The van der Waals surface area contributed by atoms with E-state index < -0.39 is 17.6 Å². The van der Waals surface area contributed by atoms with Crippen molar-refractivity contribution in [2.45, 2.75) is 24.9 Å². The van der Waals surface area contributed by atoms with E-state index in [1.54, 1.807) is 6.07 Å². The summed E-state index contributed by atoms with van der Waals surface area (Å²) in [7, 11) is 0. The molecule has 1 aliphatic rings. The van der Waals surface area contributed by atoms with Crippen LogP contribution in [0.2, 0.25) is 0 Å². The van der Waals surface area contributed by atoms with Gasteiger partial charge in [0.2, 0.25) is 5.82 Å². The highest BCUT2D eigenvalue weighted by Gasteiger charge is 2.30. The van der Waals surface area contributed by atoms with Crippen LogP contribution >= 0.6 is 0 Å². The number of ether oxygens (including phenoxy) is 2. The Balaban J connectivity index is 1.84. The van der Waals surface area contributed by atoms with E-state index in [0.717, 1.165) is 36.2 Å². The Morgan fingerprint density at radius 3 is 2.54 bits per heavy atom. The van der Waals surface area contributed by atoms with E-state index >= 15 is 0 Å². The molecule has 0 amide bonds. The van der Waals surface area contributed by atoms with Crippen molar-refractivity contribution in [3.8, 4) is 17.2 Å². The molecule has 0 radical (unpaired) electrons. The molecule has 7 heteroatoms. The number of allylic oxidation sites excluding steroid dienone is 1. The summed E-state index contributed by atoms with van der Waals surface area (Å²) in [5.74, 6) is -0.443. The van der Waals surface area contributed by atoms with Crippen LogP contribution in [0.4, 0.5) is 17.6 Å². The molecule has 1 unspecified atom stereocenters. The average molecular weight is 367 g/mol. The first kappa shape index (κ1) is 18.1. The number of benzene rings is 2. The molecule has 0 bridgehead atoms. The molecule has 0 aromatic heterocycles. The van der Waals surface area contributed by atoms with Gasteiger partial charge in [-0.15, -0.1) is 0 Å². The Labute approximate surface area is 148 Å². The van der Waals surface area contributed by atoms with Crippen molar-refractivity contribution in [3.05, 3.63) is 65.6 Å². The highest BCUT2D eigenvalue weighted by atomic mass is 19.4. The molecule has 2 aromatic carbocycles. The molecular weight excluding hydrogens is 350 g/mol. The molecule has 3 nitrogen and oxygen atoms in total. The van der Waals surface area contributed by atoms with Gasteiger partial charge in [0.05, 0.1) is 12.2 Å². The van der Waals surface area contributed by atoms with Crippen LogP contribution < -0.4 is 15.2 Å². The lowest BCUT2D eigenvalue weighted by Gasteiger charge is -2.26. The van der Waals surface area contributed by atoms with Crippen molar-refractivity contribution in [1.82, 2.24) is 0 Å². The fourth-order valence-corrected chi connectivity index (χ4v) is 2.89. The molecule has 0 fully saturated rings. The van der Waals surface area contributed by atoms with Gasteiger partial charge in [-0.2, -0.15) is 17.6 Å². The van der Waals surface area contributed by atoms with Gasteiger partial charge < -0.3 is 15.2 Å². The second-order valence-electron chi connectivity index (χ2n) is 5.92. The zero-order chi connectivity index (χ0) is 18.7. The quantitative estimate of drug-likeness (QED) is 0.740. The Morgan fingerprint density at radius 2 is 1.88 bits per heavy atom. The third-order valence-electron chi connectivity index (χ3n) is 4.21. The number of fused-ring (bicyclic) bond motifs is 1. The van der Waals surface area contributed by atoms with E-state index in [4.69, 9.17) is 15.2 Å². The summed E-state index contributed by atoms with van der Waals surface area (Å²) < 4.78 is 63.4. The number of rotatable bonds is 4. The number of hydrogen-bond donors (Lipinski definition) is 1. The van der Waals surface area contributed by atoms with Gasteiger partial charge in [0, 0.05) is 5.56 Å². The molecule has 26 heavy (non-hydrogen) atoms. The summed E-state index contributed by atoms with van der Waals surface area (Å²) in [4.78, 5) is 0. The molecule has 3 rings (SSSR count). The van der Waals surface area contributed by atoms with Gasteiger partial charge in [-0.05, 0) is 55.3 Å². The standard InChI is InChI=1S/C19H17F4NO2/c20-17-16(26-14-5-3-13(4-6-14)19(21,22)23)8-7-15-12(2-1-10-24)9-11-25-18(15)17/h1,3-8,10,12H,2,9,11,24H2. The van der Waals surface area contributed by atoms with Crippen molar-refractivity contribution >= 4 is 0 Å². The van der Waals surface area contributed by atoms with Crippen LogP contribution in [0.1, 0.15) is 29.9 Å². The van der Waals surface area contributed by atoms with Crippen LogP contribution in [-0.2, 0) is 6.18 Å². The van der Waals surface area contributed by atoms with E-state index in [1.165, 1.54) is 12.3 Å². The predicted molar refractivity (Wildman–Crippen MR) is 88.7 cm³/mol. The van der Waals surface area contributed by atoms with Crippen molar-refractivity contribution in [2.24, 2.45) is 5.73 Å². The number of halogens is 4. The first-order chi connectivity index (χ1) is 12.4. The zero-order valence-corrected chi connectivity index (χ0v) is 13.7. The second-order valence-corrected chi connectivity index (χ2v) is 5.92. The summed E-state index contributed by atoms with van der Waals surface area (Å²) in [5.41, 5.74) is 5.30. The molecule has 0 saturated carbocycles. The normalized spacial score (nSPS) is 17.0. The molecule has 2 aromatic rings. The van der Waals surface area contributed by atoms with Crippen molar-refractivity contribution in [2.75, 3.05) is 6.61 Å². The smallest absolute Gasteiger partial charge is 0.416 e. The summed E-state index contributed by atoms with van der Waals surface area (Å²) >= 11 is 0. The topological polar surface area (TPSA) is 44.5 Å². The Kier molecular flexibility index (Phi) is 5.06. The maximum absolute atomic E-state index is 14.7.